The average Bonchev–Trinajstić information content (AvgIpc) is 3.24. The van der Waals surface area contributed by atoms with E-state index in [2.05, 4.69) is 16.0 Å². The molecule has 0 aromatic heterocycles. The zero-order valence-corrected chi connectivity index (χ0v) is 43.4. The Balaban J connectivity index is 2.01. The maximum atomic E-state index is 14.7. The van der Waals surface area contributed by atoms with Gasteiger partial charge in [0.25, 0.3) is 5.91 Å². The normalized spacial score (nSPS) is 18.9. The van der Waals surface area contributed by atoms with E-state index in [0.717, 1.165) is 4.90 Å². The molecule has 2 aromatic carbocycles. The number of hydrogen-bond acceptors (Lipinski definition) is 14. The van der Waals surface area contributed by atoms with Gasteiger partial charge in [0.1, 0.15) is 28.9 Å². The quantitative estimate of drug-likeness (QED) is 0.0285. The molecule has 1 aliphatic rings. The van der Waals surface area contributed by atoms with Crippen LogP contribution in [-0.4, -0.2) is 105 Å². The third kappa shape index (κ3) is 18.6. The van der Waals surface area contributed by atoms with Crippen molar-refractivity contribution in [3.8, 4) is 0 Å². The van der Waals surface area contributed by atoms with Gasteiger partial charge in [0.15, 0.2) is 11.1 Å². The van der Waals surface area contributed by atoms with E-state index in [4.69, 9.17) is 31.4 Å². The second kappa shape index (κ2) is 25.0. The number of esters is 3. The molecular formula is C52H79N7O12. The number of aliphatic carboxylic acids is 1. The highest BCUT2D eigenvalue weighted by Crippen LogP contribution is 2.38. The van der Waals surface area contributed by atoms with Crippen molar-refractivity contribution in [3.63, 3.8) is 0 Å². The number of rotatable bonds is 22. The molecule has 2 aromatic rings. The molecule has 3 rings (SSSR count). The van der Waals surface area contributed by atoms with E-state index in [1.165, 1.54) is 0 Å². The van der Waals surface area contributed by atoms with Crippen LogP contribution in [0.2, 0.25) is 0 Å². The van der Waals surface area contributed by atoms with Crippen molar-refractivity contribution >= 4 is 47.5 Å². The topological polar surface area (TPSA) is 302 Å². The van der Waals surface area contributed by atoms with Crippen LogP contribution < -0.4 is 33.2 Å². The molecule has 0 aliphatic carbocycles. The van der Waals surface area contributed by atoms with Gasteiger partial charge in [-0.05, 0) is 111 Å². The summed E-state index contributed by atoms with van der Waals surface area (Å²) in [5.74, 6) is -8.33. The molecule has 0 saturated carbocycles. The molecule has 1 fully saturated rings. The zero-order valence-electron chi connectivity index (χ0n) is 43.4. The molecule has 4 amide bonds. The second-order valence-corrected chi connectivity index (χ2v) is 21.9. The minimum Gasteiger partial charge on any atom is -0.480 e. The number of piperidine rings is 1. The largest absolute Gasteiger partial charge is 0.480 e. The predicted octanol–water partition coefficient (Wildman–Crippen LogP) is 4.29. The molecule has 0 spiro atoms. The standard InChI is InChI=1S/C52H79N7O12/c1-32(2)28-36(57-43(63)37(29-33-20-14-12-15-21-33)56-42(62)35(30-40(61)70-49(6,7)8)41(54)34-22-16-13-17-23-34)44(64)58-52(55,25-19-18-24-39(60)69-48(3,4)5)45(65)59-27-26-51(46(66)67,31-38(59)53)47(68)71-50(9,10)11/h12-17,20-23,32,35-38,41H,18-19,24-31,53-55H2,1-11H3,(H,56,62)(H,57,63)(H,58,64)(H,66,67). The summed E-state index contributed by atoms with van der Waals surface area (Å²) >= 11 is 0. The number of amides is 4. The van der Waals surface area contributed by atoms with Crippen molar-refractivity contribution in [3.05, 3.63) is 71.8 Å². The lowest BCUT2D eigenvalue weighted by molar-refractivity contribution is -0.184. The third-order valence-corrected chi connectivity index (χ3v) is 11.6. The summed E-state index contributed by atoms with van der Waals surface area (Å²) in [6, 6.07) is 13.9. The van der Waals surface area contributed by atoms with E-state index >= 15 is 0 Å². The van der Waals surface area contributed by atoms with Gasteiger partial charge in [-0.25, -0.2) is 0 Å². The molecule has 19 nitrogen and oxygen atoms in total. The number of carboxylic acids is 1. The minimum absolute atomic E-state index is 0.0346. The van der Waals surface area contributed by atoms with Gasteiger partial charge in [-0.2, -0.15) is 0 Å². The molecule has 1 saturated heterocycles. The van der Waals surface area contributed by atoms with Crippen molar-refractivity contribution in [1.29, 1.82) is 0 Å². The smallest absolute Gasteiger partial charge is 0.324 e. The summed E-state index contributed by atoms with van der Waals surface area (Å²) in [4.78, 5) is 111. The number of likely N-dealkylation sites (tertiary alicyclic amines) is 1. The molecule has 394 valence electrons. The monoisotopic (exact) mass is 994 g/mol. The predicted molar refractivity (Wildman–Crippen MR) is 265 cm³/mol. The first-order chi connectivity index (χ1) is 32.8. The number of unbranched alkanes of at least 4 members (excludes halogenated alkanes) is 1. The summed E-state index contributed by atoms with van der Waals surface area (Å²) in [7, 11) is 0. The van der Waals surface area contributed by atoms with Crippen LogP contribution in [0.1, 0.15) is 145 Å². The van der Waals surface area contributed by atoms with E-state index < -0.39 is 118 Å². The Morgan fingerprint density at radius 2 is 1.28 bits per heavy atom. The van der Waals surface area contributed by atoms with Gasteiger partial charge in [0.2, 0.25) is 17.7 Å². The lowest BCUT2D eigenvalue weighted by Gasteiger charge is -2.45. The summed E-state index contributed by atoms with van der Waals surface area (Å²) in [5.41, 5.74) is 14.4. The Bertz CT molecular complexity index is 2170. The summed E-state index contributed by atoms with van der Waals surface area (Å²) in [6.45, 7) is 18.3. The molecule has 1 heterocycles. The molecule has 71 heavy (non-hydrogen) atoms. The maximum Gasteiger partial charge on any atom is 0.324 e. The molecule has 7 unspecified atom stereocenters. The highest BCUT2D eigenvalue weighted by Gasteiger charge is 2.55. The van der Waals surface area contributed by atoms with Gasteiger partial charge in [0.05, 0.1) is 18.5 Å². The number of carbonyl (C=O) groups excluding carboxylic acids is 7. The number of nitrogens with one attached hydrogen (secondary N) is 3. The second-order valence-electron chi connectivity index (χ2n) is 21.9. The maximum absolute atomic E-state index is 14.7. The number of ether oxygens (including phenoxy) is 3. The van der Waals surface area contributed by atoms with Crippen LogP contribution in [0.4, 0.5) is 0 Å². The minimum atomic E-state index is -2.24. The molecular weight excluding hydrogens is 915 g/mol. The van der Waals surface area contributed by atoms with Crippen LogP contribution in [0.15, 0.2) is 60.7 Å². The zero-order chi connectivity index (χ0) is 53.7. The molecule has 1 aliphatic heterocycles. The fourth-order valence-electron chi connectivity index (χ4n) is 8.16. The highest BCUT2D eigenvalue weighted by molar-refractivity contribution is 6.00. The van der Waals surface area contributed by atoms with Gasteiger partial charge in [-0.3, -0.25) is 38.4 Å². The van der Waals surface area contributed by atoms with Crippen molar-refractivity contribution in [2.45, 2.75) is 181 Å². The molecule has 0 radical (unpaired) electrons. The van der Waals surface area contributed by atoms with Crippen molar-refractivity contribution in [2.24, 2.45) is 34.5 Å². The van der Waals surface area contributed by atoms with Crippen LogP contribution >= 0.6 is 0 Å². The van der Waals surface area contributed by atoms with Gasteiger partial charge in [0, 0.05) is 31.8 Å². The Labute approximate surface area is 418 Å². The molecule has 7 atom stereocenters. The van der Waals surface area contributed by atoms with E-state index in [0.29, 0.717) is 11.1 Å². The van der Waals surface area contributed by atoms with E-state index in [9.17, 15) is 43.5 Å². The highest BCUT2D eigenvalue weighted by atomic mass is 16.6. The fraction of sp³-hybridized carbons (Fsp3) is 0.615. The van der Waals surface area contributed by atoms with Gasteiger partial charge in [-0.1, -0.05) is 74.5 Å². The average molecular weight is 994 g/mol. The number of carboxylic acid groups (broad SMARTS) is 1. The summed E-state index contributed by atoms with van der Waals surface area (Å²) in [5, 5.41) is 18.6. The van der Waals surface area contributed by atoms with Crippen LogP contribution in [0.25, 0.3) is 0 Å². The van der Waals surface area contributed by atoms with Gasteiger partial charge < -0.3 is 57.4 Å². The van der Waals surface area contributed by atoms with Crippen LogP contribution in [0, 0.1) is 17.3 Å². The van der Waals surface area contributed by atoms with Crippen molar-refractivity contribution in [1.82, 2.24) is 20.9 Å². The SMILES string of the molecule is CC(C)CC(NC(=O)C(Cc1ccccc1)NC(=O)C(CC(=O)OC(C)(C)C)C(N)c1ccccc1)C(=O)NC(N)(CCCCC(=O)OC(C)(C)C)C(=O)N1CCC(C(=O)O)(C(=O)OC(C)(C)C)CC1N. The van der Waals surface area contributed by atoms with E-state index in [-0.39, 0.29) is 57.4 Å². The summed E-state index contributed by atoms with van der Waals surface area (Å²) < 4.78 is 16.5. The Hall–Kier alpha value is -5.92. The van der Waals surface area contributed by atoms with E-state index in [1.54, 1.807) is 123 Å². The summed E-state index contributed by atoms with van der Waals surface area (Å²) in [6.07, 6.45) is -2.67. The molecule has 10 N–H and O–H groups in total. The first kappa shape index (κ1) is 59.4. The Kier molecular flexibility index (Phi) is 20.9. The fourth-order valence-corrected chi connectivity index (χ4v) is 8.16. The Morgan fingerprint density at radius 3 is 1.80 bits per heavy atom. The first-order valence-corrected chi connectivity index (χ1v) is 24.3. The van der Waals surface area contributed by atoms with Crippen LogP contribution in [0.5, 0.6) is 0 Å². The van der Waals surface area contributed by atoms with Crippen molar-refractivity contribution < 1.29 is 57.7 Å². The van der Waals surface area contributed by atoms with Crippen LogP contribution in [0.3, 0.4) is 0 Å². The first-order valence-electron chi connectivity index (χ1n) is 24.3. The number of hydrogen-bond donors (Lipinski definition) is 7. The number of nitrogens with zero attached hydrogens (tertiary/aromatic N) is 1. The molecule has 19 heteroatoms. The number of benzene rings is 2. The van der Waals surface area contributed by atoms with Crippen LogP contribution in [-0.2, 0) is 59.0 Å². The number of nitrogens with two attached hydrogens (primary N) is 3. The lowest BCUT2D eigenvalue weighted by atomic mass is 9.76. The molecule has 0 bridgehead atoms. The third-order valence-electron chi connectivity index (χ3n) is 11.6. The van der Waals surface area contributed by atoms with E-state index in [1.807, 2.05) is 13.8 Å². The Morgan fingerprint density at radius 1 is 0.746 bits per heavy atom. The number of carbonyl (C=O) groups is 8. The lowest BCUT2D eigenvalue weighted by Crippen LogP contribution is -2.71. The van der Waals surface area contributed by atoms with Gasteiger partial charge in [-0.15, -0.1) is 0 Å². The van der Waals surface area contributed by atoms with Gasteiger partial charge >= 0.3 is 23.9 Å². The van der Waals surface area contributed by atoms with Crippen molar-refractivity contribution in [2.75, 3.05) is 6.54 Å².